The predicted octanol–water partition coefficient (Wildman–Crippen LogP) is 3.87. The summed E-state index contributed by atoms with van der Waals surface area (Å²) in [6.07, 6.45) is 0. The molecule has 42 heavy (non-hydrogen) atoms. The molecule has 0 atom stereocenters. The average Bonchev–Trinajstić information content (AvgIpc) is 2.95. The first kappa shape index (κ1) is 30.0. The van der Waals surface area contributed by atoms with Gasteiger partial charge in [-0.25, -0.2) is 9.18 Å². The summed E-state index contributed by atoms with van der Waals surface area (Å²) in [7, 11) is -1.24. The number of benzene rings is 2. The van der Waals surface area contributed by atoms with Gasteiger partial charge < -0.3 is 10.2 Å². The number of carbonyl (C=O) groups is 1. The predicted molar refractivity (Wildman–Crippen MR) is 170 cm³/mol. The van der Waals surface area contributed by atoms with Gasteiger partial charge in [-0.15, -0.1) is 0 Å². The first-order valence-corrected chi connectivity index (χ1v) is 16.1. The Morgan fingerprint density at radius 1 is 1.07 bits per heavy atom. The van der Waals surface area contributed by atoms with Crippen LogP contribution in [0.2, 0.25) is 0 Å². The Balaban J connectivity index is 1.75. The Hall–Kier alpha value is -3.47. The molecule has 1 fully saturated rings. The Morgan fingerprint density at radius 3 is 2.40 bits per heavy atom. The van der Waals surface area contributed by atoms with Crippen LogP contribution < -0.4 is 22.1 Å². The van der Waals surface area contributed by atoms with Gasteiger partial charge >= 0.3 is 5.69 Å². The average molecular weight is 710 g/mol. The summed E-state index contributed by atoms with van der Waals surface area (Å²) >= 11 is 1.97. The minimum absolute atomic E-state index is 0.00645. The first-order chi connectivity index (χ1) is 19.8. The number of nitrogens with one attached hydrogen (secondary N) is 1. The highest BCUT2D eigenvalue weighted by molar-refractivity contribution is 14.1. The quantitative estimate of drug-likeness (QED) is 0.268. The zero-order chi connectivity index (χ0) is 30.5. The van der Waals surface area contributed by atoms with E-state index < -0.39 is 33.2 Å². The van der Waals surface area contributed by atoms with Gasteiger partial charge in [-0.3, -0.25) is 37.2 Å². The van der Waals surface area contributed by atoms with E-state index in [2.05, 4.69) is 5.32 Å². The summed E-state index contributed by atoms with van der Waals surface area (Å²) in [5.74, 6) is -0.747. The lowest BCUT2D eigenvalue weighted by molar-refractivity contribution is 0.0768. The van der Waals surface area contributed by atoms with Gasteiger partial charge in [0.15, 0.2) is 0 Å². The van der Waals surface area contributed by atoms with Crippen LogP contribution in [0.25, 0.3) is 16.6 Å². The third-order valence-corrected chi connectivity index (χ3v) is 9.75. The number of nitrogens with zero attached hydrogens (tertiary/aromatic N) is 4. The largest absolute Gasteiger partial charge is 0.338 e. The molecule has 0 unspecified atom stereocenters. The maximum absolute atomic E-state index is 14.9. The minimum atomic E-state index is -2.70. The summed E-state index contributed by atoms with van der Waals surface area (Å²) in [6.45, 7) is 3.52. The van der Waals surface area contributed by atoms with Crippen molar-refractivity contribution in [2.24, 2.45) is 7.05 Å². The fourth-order valence-corrected chi connectivity index (χ4v) is 6.80. The van der Waals surface area contributed by atoms with Crippen LogP contribution in [0.3, 0.4) is 0 Å². The third-order valence-electron chi connectivity index (χ3n) is 7.41. The van der Waals surface area contributed by atoms with Crippen LogP contribution in [-0.2, 0) is 13.6 Å². The summed E-state index contributed by atoms with van der Waals surface area (Å²) < 4.78 is 38.9. The van der Waals surface area contributed by atoms with Crippen LogP contribution in [0.4, 0.5) is 15.9 Å². The second-order valence-electron chi connectivity index (χ2n) is 10.0. The summed E-state index contributed by atoms with van der Waals surface area (Å²) in [5.41, 5.74) is -1.14. The van der Waals surface area contributed by atoms with Crippen molar-refractivity contribution < 1.29 is 18.3 Å². The van der Waals surface area contributed by atoms with Crippen molar-refractivity contribution in [2.45, 2.75) is 20.4 Å². The van der Waals surface area contributed by atoms with Crippen molar-refractivity contribution in [1.29, 1.82) is 0 Å². The number of hydrogen-bond acceptors (Lipinski definition) is 7. The highest BCUT2D eigenvalue weighted by Crippen LogP contribution is 2.40. The molecule has 3 heterocycles. The molecule has 1 saturated heterocycles. The van der Waals surface area contributed by atoms with Gasteiger partial charge in [0, 0.05) is 41.4 Å². The number of anilines is 2. The summed E-state index contributed by atoms with van der Waals surface area (Å²) in [4.78, 5) is 55.8. The number of aryl methyl sites for hydroxylation is 1. The smallest absolute Gasteiger partial charge is 0.336 e. The van der Waals surface area contributed by atoms with Gasteiger partial charge in [0.25, 0.3) is 17.0 Å². The second kappa shape index (κ2) is 11.3. The van der Waals surface area contributed by atoms with Gasteiger partial charge in [0.05, 0.1) is 28.4 Å². The van der Waals surface area contributed by atoms with E-state index in [0.717, 1.165) is 4.57 Å². The number of carbonyl (C=O) groups excluding carboxylic acids is 1. The fraction of sp³-hybridized carbons (Fsp3) is 0.286. The van der Waals surface area contributed by atoms with Crippen molar-refractivity contribution in [2.75, 3.05) is 29.9 Å². The van der Waals surface area contributed by atoms with Gasteiger partial charge in [0.1, 0.15) is 17.0 Å². The number of rotatable bonds is 5. The third kappa shape index (κ3) is 5.27. The zero-order valence-corrected chi connectivity index (χ0v) is 26.0. The molecule has 3 N–H and O–H groups in total. The van der Waals surface area contributed by atoms with Crippen molar-refractivity contribution in [3.05, 3.63) is 94.2 Å². The van der Waals surface area contributed by atoms with Crippen molar-refractivity contribution in [1.82, 2.24) is 18.6 Å². The van der Waals surface area contributed by atoms with Crippen LogP contribution in [0.5, 0.6) is 0 Å². The van der Waals surface area contributed by atoms with Crippen molar-refractivity contribution in [3.63, 3.8) is 0 Å². The number of fused-ring (bicyclic) bond motifs is 1. The monoisotopic (exact) mass is 709 g/mol. The molecular formula is C28H29FIN5O6S. The highest BCUT2D eigenvalue weighted by Gasteiger charge is 2.27. The lowest BCUT2D eigenvalue weighted by Gasteiger charge is -2.40. The Bertz CT molecular complexity index is 1930. The van der Waals surface area contributed by atoms with E-state index in [0.29, 0.717) is 3.57 Å². The van der Waals surface area contributed by atoms with E-state index in [-0.39, 0.29) is 76.3 Å². The fourth-order valence-electron chi connectivity index (χ4n) is 5.12. The van der Waals surface area contributed by atoms with Crippen molar-refractivity contribution >= 4 is 61.5 Å². The van der Waals surface area contributed by atoms with E-state index in [1.165, 1.54) is 46.2 Å². The lowest BCUT2D eigenvalue weighted by Crippen LogP contribution is -2.42. The Kier molecular flexibility index (Phi) is 8.08. The molecule has 4 aromatic rings. The topological polar surface area (TPSA) is 139 Å². The summed E-state index contributed by atoms with van der Waals surface area (Å²) in [6, 6.07) is 10.8. The maximum atomic E-state index is 14.9. The second-order valence-corrected chi connectivity index (χ2v) is 13.7. The minimum Gasteiger partial charge on any atom is -0.338 e. The van der Waals surface area contributed by atoms with E-state index in [9.17, 15) is 32.7 Å². The van der Waals surface area contributed by atoms with Crippen LogP contribution in [-0.4, -0.2) is 58.2 Å². The van der Waals surface area contributed by atoms with Gasteiger partial charge in [-0.2, -0.15) is 10.6 Å². The number of hydrogen-bond donors (Lipinski definition) is 3. The first-order valence-electron chi connectivity index (χ1n) is 13.1. The molecule has 1 amide bonds. The lowest BCUT2D eigenvalue weighted by atomic mass is 10.1. The standard InChI is InChI=1S/C28H29FIN5O6S/c1-4-34-27(38)22-23(16(2)25(36)32(3)24(22)31-21-9-8-18(30)15-20(21)29)35(28(34)39)19-7-5-6-17(14-19)26(37)33-10-12-42(40,41)13-11-33/h5-9,14-15,31,40-41H,4,10-13H2,1-3H3. The molecule has 0 bridgehead atoms. The normalized spacial score (nSPS) is 15.5. The zero-order valence-electron chi connectivity index (χ0n) is 23.1. The highest BCUT2D eigenvalue weighted by atomic mass is 127. The van der Waals surface area contributed by atoms with Gasteiger partial charge in [-0.05, 0) is 72.8 Å². The van der Waals surface area contributed by atoms with Crippen LogP contribution in [0, 0.1) is 16.3 Å². The van der Waals surface area contributed by atoms with Gasteiger partial charge in [-0.1, -0.05) is 6.07 Å². The molecule has 0 spiro atoms. The maximum Gasteiger partial charge on any atom is 0.336 e. The van der Waals surface area contributed by atoms with Crippen LogP contribution in [0.15, 0.2) is 56.8 Å². The molecule has 0 saturated carbocycles. The molecule has 222 valence electrons. The van der Waals surface area contributed by atoms with Gasteiger partial charge in [0.2, 0.25) is 0 Å². The van der Waals surface area contributed by atoms with Crippen molar-refractivity contribution in [3.8, 4) is 5.69 Å². The molecule has 2 aromatic carbocycles. The molecule has 1 aliphatic heterocycles. The number of halogens is 2. The Morgan fingerprint density at radius 2 is 1.76 bits per heavy atom. The molecule has 14 heteroatoms. The van der Waals surface area contributed by atoms with E-state index in [1.807, 2.05) is 22.6 Å². The van der Waals surface area contributed by atoms with E-state index in [4.69, 9.17) is 0 Å². The molecule has 0 aliphatic carbocycles. The molecule has 11 nitrogen and oxygen atoms in total. The molecule has 2 aromatic heterocycles. The van der Waals surface area contributed by atoms with E-state index in [1.54, 1.807) is 31.2 Å². The molecule has 0 radical (unpaired) electrons. The number of pyridine rings is 1. The van der Waals surface area contributed by atoms with Crippen LogP contribution >= 0.6 is 33.2 Å². The number of aromatic nitrogens is 3. The van der Waals surface area contributed by atoms with E-state index >= 15 is 0 Å². The SMILES string of the molecule is CCn1c(=O)c2c(Nc3ccc(I)cc3F)n(C)c(=O)c(C)c2n(-c2cccc(C(=O)N3CCS(O)(O)CC3)c2)c1=O. The van der Waals surface area contributed by atoms with Crippen LogP contribution in [0.1, 0.15) is 22.8 Å². The summed E-state index contributed by atoms with van der Waals surface area (Å²) in [5, 5.41) is 2.91. The Labute approximate surface area is 254 Å². The molecular weight excluding hydrogens is 680 g/mol. The molecule has 5 rings (SSSR count). The number of amides is 1. The molecule has 1 aliphatic rings.